The first-order valence-electron chi connectivity index (χ1n) is 9.56. The number of carbonyl (C=O) groups is 1. The molecule has 5 nitrogen and oxygen atoms in total. The molecule has 1 amide bonds. The van der Waals surface area contributed by atoms with Crippen molar-refractivity contribution < 1.29 is 14.3 Å². The standard InChI is InChI=1S/C22H28N2O3/c1-26-20-12-11-17(15-21(20)27-2)16-22(25)23-18-9-5-6-10-19(18)24-13-7-3-4-8-14-24/h5-6,9-12,15H,3-4,7-8,13-14,16H2,1-2H3,(H,23,25). The van der Waals surface area contributed by atoms with Crippen molar-refractivity contribution >= 4 is 17.3 Å². The molecule has 0 spiro atoms. The molecule has 0 saturated carbocycles. The summed E-state index contributed by atoms with van der Waals surface area (Å²) in [6.07, 6.45) is 5.26. The molecular formula is C22H28N2O3. The molecule has 0 bridgehead atoms. The summed E-state index contributed by atoms with van der Waals surface area (Å²) in [6.45, 7) is 2.09. The highest BCUT2D eigenvalue weighted by Gasteiger charge is 2.15. The maximum atomic E-state index is 12.6. The number of carbonyl (C=O) groups excluding carboxylic acids is 1. The van der Waals surface area contributed by atoms with E-state index in [1.165, 1.54) is 25.7 Å². The van der Waals surface area contributed by atoms with E-state index in [4.69, 9.17) is 9.47 Å². The molecule has 3 rings (SSSR count). The zero-order valence-electron chi connectivity index (χ0n) is 16.2. The summed E-state index contributed by atoms with van der Waals surface area (Å²) in [5.41, 5.74) is 2.88. The van der Waals surface area contributed by atoms with Crippen molar-refractivity contribution in [1.82, 2.24) is 0 Å². The van der Waals surface area contributed by atoms with E-state index in [1.54, 1.807) is 14.2 Å². The van der Waals surface area contributed by atoms with Gasteiger partial charge in [0.15, 0.2) is 11.5 Å². The largest absolute Gasteiger partial charge is 0.493 e. The Labute approximate surface area is 161 Å². The average molecular weight is 368 g/mol. The van der Waals surface area contributed by atoms with Crippen LogP contribution in [0, 0.1) is 0 Å². The number of hydrogen-bond donors (Lipinski definition) is 1. The van der Waals surface area contributed by atoms with Crippen molar-refractivity contribution in [2.75, 3.05) is 37.5 Å². The number of nitrogens with zero attached hydrogens (tertiary/aromatic N) is 1. The molecule has 1 fully saturated rings. The zero-order valence-corrected chi connectivity index (χ0v) is 16.2. The van der Waals surface area contributed by atoms with Gasteiger partial charge in [-0.25, -0.2) is 0 Å². The van der Waals surface area contributed by atoms with Crippen LogP contribution in [-0.4, -0.2) is 33.2 Å². The fourth-order valence-corrected chi connectivity index (χ4v) is 3.54. The van der Waals surface area contributed by atoms with E-state index in [0.29, 0.717) is 11.5 Å². The van der Waals surface area contributed by atoms with Crippen LogP contribution in [0.15, 0.2) is 42.5 Å². The van der Waals surface area contributed by atoms with E-state index in [-0.39, 0.29) is 12.3 Å². The Balaban J connectivity index is 1.71. The molecule has 1 saturated heterocycles. The quantitative estimate of drug-likeness (QED) is 0.827. The minimum Gasteiger partial charge on any atom is -0.493 e. The maximum Gasteiger partial charge on any atom is 0.228 e. The van der Waals surface area contributed by atoms with Crippen LogP contribution in [0.3, 0.4) is 0 Å². The summed E-state index contributed by atoms with van der Waals surface area (Å²) < 4.78 is 10.6. The summed E-state index contributed by atoms with van der Waals surface area (Å²) in [7, 11) is 3.20. The third-order valence-corrected chi connectivity index (χ3v) is 4.94. The number of ether oxygens (including phenoxy) is 2. The Hall–Kier alpha value is -2.69. The van der Waals surface area contributed by atoms with Crippen molar-refractivity contribution in [3.8, 4) is 11.5 Å². The number of anilines is 2. The van der Waals surface area contributed by atoms with Crippen LogP contribution < -0.4 is 19.7 Å². The van der Waals surface area contributed by atoms with Crippen molar-refractivity contribution in [2.24, 2.45) is 0 Å². The van der Waals surface area contributed by atoms with Crippen LogP contribution in [0.5, 0.6) is 11.5 Å². The van der Waals surface area contributed by atoms with Crippen LogP contribution in [0.1, 0.15) is 31.2 Å². The molecule has 5 heteroatoms. The lowest BCUT2D eigenvalue weighted by molar-refractivity contribution is -0.115. The molecule has 0 aliphatic carbocycles. The lowest BCUT2D eigenvalue weighted by atomic mass is 10.1. The number of methoxy groups -OCH3 is 2. The van der Waals surface area contributed by atoms with Gasteiger partial charge in [0.05, 0.1) is 32.0 Å². The molecule has 2 aromatic carbocycles. The predicted octanol–water partition coefficient (Wildman–Crippen LogP) is 4.27. The van der Waals surface area contributed by atoms with E-state index in [2.05, 4.69) is 16.3 Å². The maximum absolute atomic E-state index is 12.6. The van der Waals surface area contributed by atoms with Crippen LogP contribution >= 0.6 is 0 Å². The zero-order chi connectivity index (χ0) is 19.1. The summed E-state index contributed by atoms with van der Waals surface area (Å²) in [5, 5.41) is 3.09. The highest BCUT2D eigenvalue weighted by Crippen LogP contribution is 2.29. The summed E-state index contributed by atoms with van der Waals surface area (Å²) in [4.78, 5) is 15.0. The Morgan fingerprint density at radius 3 is 2.37 bits per heavy atom. The topological polar surface area (TPSA) is 50.8 Å². The number of amides is 1. The lowest BCUT2D eigenvalue weighted by Gasteiger charge is -2.25. The second kappa shape index (κ2) is 9.31. The van der Waals surface area contributed by atoms with Gasteiger partial charge in [-0.2, -0.15) is 0 Å². The van der Waals surface area contributed by atoms with Crippen molar-refractivity contribution in [3.05, 3.63) is 48.0 Å². The Bertz CT molecular complexity index is 768. The molecule has 1 aliphatic heterocycles. The van der Waals surface area contributed by atoms with E-state index in [9.17, 15) is 4.79 Å². The van der Waals surface area contributed by atoms with E-state index in [0.717, 1.165) is 30.0 Å². The first kappa shape index (κ1) is 19.1. The van der Waals surface area contributed by atoms with Crippen LogP contribution in [-0.2, 0) is 11.2 Å². The predicted molar refractivity (Wildman–Crippen MR) is 109 cm³/mol. The number of para-hydroxylation sites is 2. The van der Waals surface area contributed by atoms with E-state index < -0.39 is 0 Å². The first-order chi connectivity index (χ1) is 13.2. The fraction of sp³-hybridized carbons (Fsp3) is 0.409. The van der Waals surface area contributed by atoms with Gasteiger partial charge in [-0.05, 0) is 42.7 Å². The Morgan fingerprint density at radius 1 is 0.963 bits per heavy atom. The monoisotopic (exact) mass is 368 g/mol. The average Bonchev–Trinajstić information content (AvgIpc) is 2.97. The fourth-order valence-electron chi connectivity index (χ4n) is 3.54. The SMILES string of the molecule is COc1ccc(CC(=O)Nc2ccccc2N2CCCCCC2)cc1OC. The Morgan fingerprint density at radius 2 is 1.67 bits per heavy atom. The van der Waals surface area contributed by atoms with Gasteiger partial charge >= 0.3 is 0 Å². The van der Waals surface area contributed by atoms with Crippen LogP contribution in [0.2, 0.25) is 0 Å². The first-order valence-corrected chi connectivity index (χ1v) is 9.56. The van der Waals surface area contributed by atoms with Gasteiger partial charge in [0.25, 0.3) is 0 Å². The minimum atomic E-state index is -0.0375. The van der Waals surface area contributed by atoms with Crippen LogP contribution in [0.4, 0.5) is 11.4 Å². The number of hydrogen-bond acceptors (Lipinski definition) is 4. The number of nitrogens with one attached hydrogen (secondary N) is 1. The second-order valence-electron chi connectivity index (χ2n) is 6.83. The van der Waals surface area contributed by atoms with Crippen molar-refractivity contribution in [3.63, 3.8) is 0 Å². The second-order valence-corrected chi connectivity index (χ2v) is 6.83. The summed E-state index contributed by atoms with van der Waals surface area (Å²) in [6, 6.07) is 13.6. The molecule has 2 aromatic rings. The van der Waals surface area contributed by atoms with Gasteiger partial charge in [0, 0.05) is 13.1 Å². The van der Waals surface area contributed by atoms with Gasteiger partial charge in [0.2, 0.25) is 5.91 Å². The molecule has 27 heavy (non-hydrogen) atoms. The van der Waals surface area contributed by atoms with Gasteiger partial charge in [-0.3, -0.25) is 4.79 Å². The highest BCUT2D eigenvalue weighted by atomic mass is 16.5. The van der Waals surface area contributed by atoms with Crippen molar-refractivity contribution in [1.29, 1.82) is 0 Å². The normalized spacial score (nSPS) is 14.4. The molecule has 0 unspecified atom stereocenters. The van der Waals surface area contributed by atoms with Crippen LogP contribution in [0.25, 0.3) is 0 Å². The van der Waals surface area contributed by atoms with Gasteiger partial charge in [0.1, 0.15) is 0 Å². The van der Waals surface area contributed by atoms with Gasteiger partial charge < -0.3 is 19.7 Å². The molecule has 1 N–H and O–H groups in total. The smallest absolute Gasteiger partial charge is 0.228 e. The molecule has 0 radical (unpaired) electrons. The Kier molecular flexibility index (Phi) is 6.58. The molecule has 1 heterocycles. The number of benzene rings is 2. The summed E-state index contributed by atoms with van der Waals surface area (Å²) >= 11 is 0. The number of rotatable bonds is 6. The van der Waals surface area contributed by atoms with Crippen molar-refractivity contribution in [2.45, 2.75) is 32.1 Å². The van der Waals surface area contributed by atoms with Gasteiger partial charge in [-0.15, -0.1) is 0 Å². The third kappa shape index (κ3) is 4.94. The molecule has 1 aliphatic rings. The third-order valence-electron chi connectivity index (χ3n) is 4.94. The van der Waals surface area contributed by atoms with E-state index in [1.807, 2.05) is 36.4 Å². The van der Waals surface area contributed by atoms with E-state index >= 15 is 0 Å². The molecular weight excluding hydrogens is 340 g/mol. The molecule has 0 aromatic heterocycles. The lowest BCUT2D eigenvalue weighted by Crippen LogP contribution is -2.26. The molecule has 0 atom stereocenters. The van der Waals surface area contributed by atoms with Gasteiger partial charge in [-0.1, -0.05) is 31.0 Å². The summed E-state index contributed by atoms with van der Waals surface area (Å²) in [5.74, 6) is 1.26. The minimum absolute atomic E-state index is 0.0375. The highest BCUT2D eigenvalue weighted by molar-refractivity contribution is 5.95. The molecule has 144 valence electrons.